The highest BCUT2D eigenvalue weighted by atomic mass is 35.5. The van der Waals surface area contributed by atoms with E-state index in [1.54, 1.807) is 37.1 Å². The first-order chi connectivity index (χ1) is 12.5. The Morgan fingerprint density at radius 2 is 1.96 bits per heavy atom. The van der Waals surface area contributed by atoms with Gasteiger partial charge in [0.15, 0.2) is 5.76 Å². The minimum Gasteiger partial charge on any atom is -0.451 e. The van der Waals surface area contributed by atoms with Crippen molar-refractivity contribution >= 4 is 17.5 Å². The number of carbonyl (C=O) groups excluding carboxylic acids is 1. The zero-order valence-electron chi connectivity index (χ0n) is 14.3. The van der Waals surface area contributed by atoms with E-state index in [1.807, 2.05) is 18.2 Å². The number of hydrogen-bond donors (Lipinski definition) is 0. The van der Waals surface area contributed by atoms with E-state index in [9.17, 15) is 9.59 Å². The van der Waals surface area contributed by atoms with Gasteiger partial charge in [-0.05, 0) is 31.2 Å². The van der Waals surface area contributed by atoms with Gasteiger partial charge < -0.3 is 9.32 Å². The van der Waals surface area contributed by atoms with Crippen molar-refractivity contribution in [3.05, 3.63) is 74.6 Å². The van der Waals surface area contributed by atoms with Crippen LogP contribution in [-0.4, -0.2) is 20.4 Å². The van der Waals surface area contributed by atoms with Crippen molar-refractivity contribution in [2.45, 2.75) is 20.0 Å². The fourth-order valence-corrected chi connectivity index (χ4v) is 3.31. The number of rotatable bonds is 2. The molecule has 1 aliphatic rings. The van der Waals surface area contributed by atoms with Crippen LogP contribution in [0.25, 0.3) is 11.3 Å². The van der Waals surface area contributed by atoms with Gasteiger partial charge in [0.25, 0.3) is 11.5 Å². The number of amides is 1. The first-order valence-corrected chi connectivity index (χ1v) is 8.53. The molecule has 7 heteroatoms. The molecule has 0 N–H and O–H groups in total. The van der Waals surface area contributed by atoms with Gasteiger partial charge in [-0.1, -0.05) is 23.7 Å². The fourth-order valence-electron chi connectivity index (χ4n) is 3.09. The molecule has 0 spiro atoms. The molecule has 0 bridgehead atoms. The van der Waals surface area contributed by atoms with Crippen molar-refractivity contribution in [2.24, 2.45) is 7.05 Å². The molecule has 6 nitrogen and oxygen atoms in total. The molecule has 0 fully saturated rings. The number of furan rings is 1. The zero-order chi connectivity index (χ0) is 18.4. The van der Waals surface area contributed by atoms with Gasteiger partial charge in [-0.2, -0.15) is 0 Å². The molecule has 2 aromatic heterocycles. The molecule has 4 rings (SSSR count). The predicted octanol–water partition coefficient (Wildman–Crippen LogP) is 3.16. The van der Waals surface area contributed by atoms with Gasteiger partial charge in [0.2, 0.25) is 0 Å². The van der Waals surface area contributed by atoms with Crippen LogP contribution in [0.3, 0.4) is 0 Å². The van der Waals surface area contributed by atoms with Crippen LogP contribution in [0, 0.1) is 6.92 Å². The van der Waals surface area contributed by atoms with Gasteiger partial charge in [-0.15, -0.1) is 0 Å². The number of nitrogens with zero attached hydrogens (tertiary/aromatic N) is 3. The molecule has 0 aliphatic carbocycles. The normalized spacial score (nSPS) is 13.1. The molecule has 0 radical (unpaired) electrons. The molecule has 3 heterocycles. The minimum absolute atomic E-state index is 0.112. The maximum absolute atomic E-state index is 12.8. The Morgan fingerprint density at radius 1 is 1.19 bits per heavy atom. The molecule has 0 unspecified atom stereocenters. The number of halogens is 1. The summed E-state index contributed by atoms with van der Waals surface area (Å²) in [5.74, 6) is 1.09. The Balaban J connectivity index is 1.61. The first kappa shape index (κ1) is 16.6. The SMILES string of the molecule is Cc1nc2c(c(=O)n1C)CN(C(=O)c1ccc(-c3ccccc3Cl)o1)C2. The second-order valence-electron chi connectivity index (χ2n) is 6.25. The topological polar surface area (TPSA) is 68.3 Å². The summed E-state index contributed by atoms with van der Waals surface area (Å²) in [7, 11) is 1.68. The van der Waals surface area contributed by atoms with E-state index < -0.39 is 0 Å². The van der Waals surface area contributed by atoms with Crippen molar-refractivity contribution in [3.63, 3.8) is 0 Å². The third-order valence-electron chi connectivity index (χ3n) is 4.63. The maximum atomic E-state index is 12.8. The number of fused-ring (bicyclic) bond motifs is 1. The number of benzene rings is 1. The number of carbonyl (C=O) groups is 1. The van der Waals surface area contributed by atoms with Gasteiger partial charge in [0, 0.05) is 12.6 Å². The summed E-state index contributed by atoms with van der Waals surface area (Å²) in [6.07, 6.45) is 0. The van der Waals surface area contributed by atoms with E-state index >= 15 is 0 Å². The summed E-state index contributed by atoms with van der Waals surface area (Å²) in [5, 5.41) is 0.553. The molecular formula is C19H16ClN3O3. The molecular weight excluding hydrogens is 354 g/mol. The molecule has 3 aromatic rings. The third kappa shape index (κ3) is 2.63. The number of aromatic nitrogens is 2. The Hall–Kier alpha value is -2.86. The summed E-state index contributed by atoms with van der Waals surface area (Å²) in [4.78, 5) is 31.1. The van der Waals surface area contributed by atoms with E-state index in [4.69, 9.17) is 16.0 Å². The summed E-state index contributed by atoms with van der Waals surface area (Å²) in [6, 6.07) is 10.6. The van der Waals surface area contributed by atoms with E-state index in [0.29, 0.717) is 34.4 Å². The summed E-state index contributed by atoms with van der Waals surface area (Å²) >= 11 is 6.18. The quantitative estimate of drug-likeness (QED) is 0.695. The number of hydrogen-bond acceptors (Lipinski definition) is 4. The second-order valence-corrected chi connectivity index (χ2v) is 6.66. The van der Waals surface area contributed by atoms with Crippen molar-refractivity contribution in [2.75, 3.05) is 0 Å². The molecule has 132 valence electrons. The fraction of sp³-hybridized carbons (Fsp3) is 0.211. The van der Waals surface area contributed by atoms with E-state index in [-0.39, 0.29) is 23.8 Å². The van der Waals surface area contributed by atoms with Crippen LogP contribution in [0.15, 0.2) is 45.6 Å². The lowest BCUT2D eigenvalue weighted by Crippen LogP contribution is -2.27. The maximum Gasteiger partial charge on any atom is 0.290 e. The number of aryl methyl sites for hydroxylation is 1. The minimum atomic E-state index is -0.277. The first-order valence-electron chi connectivity index (χ1n) is 8.15. The Bertz CT molecular complexity index is 1080. The molecule has 1 amide bonds. The molecule has 1 aliphatic heterocycles. The molecule has 0 atom stereocenters. The van der Waals surface area contributed by atoms with Crippen molar-refractivity contribution in [1.82, 2.24) is 14.5 Å². The largest absolute Gasteiger partial charge is 0.451 e. The van der Waals surface area contributed by atoms with Crippen LogP contribution in [-0.2, 0) is 20.1 Å². The molecule has 1 aromatic carbocycles. The van der Waals surface area contributed by atoms with Crippen LogP contribution >= 0.6 is 11.6 Å². The highest BCUT2D eigenvalue weighted by Crippen LogP contribution is 2.30. The Morgan fingerprint density at radius 3 is 2.73 bits per heavy atom. The lowest BCUT2D eigenvalue weighted by Gasteiger charge is -2.12. The van der Waals surface area contributed by atoms with Crippen LogP contribution in [0.1, 0.15) is 27.6 Å². The van der Waals surface area contributed by atoms with Gasteiger partial charge in [-0.25, -0.2) is 4.98 Å². The highest BCUT2D eigenvalue weighted by molar-refractivity contribution is 6.33. The second kappa shape index (κ2) is 6.14. The van der Waals surface area contributed by atoms with Crippen LogP contribution in [0.4, 0.5) is 0 Å². The smallest absolute Gasteiger partial charge is 0.290 e. The Kier molecular flexibility index (Phi) is 3.92. The lowest BCUT2D eigenvalue weighted by molar-refractivity contribution is 0.0719. The third-order valence-corrected chi connectivity index (χ3v) is 4.96. The standard InChI is InChI=1S/C19H16ClN3O3/c1-11-21-15-10-23(9-13(15)18(24)22(11)2)19(25)17-8-7-16(26-17)12-5-3-4-6-14(12)20/h3-8H,9-10H2,1-2H3. The van der Waals surface area contributed by atoms with Gasteiger partial charge >= 0.3 is 0 Å². The van der Waals surface area contributed by atoms with Gasteiger partial charge in [0.1, 0.15) is 11.6 Å². The molecule has 0 saturated carbocycles. The van der Waals surface area contributed by atoms with Crippen LogP contribution in [0.5, 0.6) is 0 Å². The van der Waals surface area contributed by atoms with E-state index in [0.717, 1.165) is 5.56 Å². The van der Waals surface area contributed by atoms with Crippen LogP contribution in [0.2, 0.25) is 5.02 Å². The van der Waals surface area contributed by atoms with E-state index in [1.165, 1.54) is 4.57 Å². The zero-order valence-corrected chi connectivity index (χ0v) is 15.1. The van der Waals surface area contributed by atoms with Gasteiger partial charge in [-0.3, -0.25) is 14.2 Å². The molecule has 26 heavy (non-hydrogen) atoms. The molecule has 0 saturated heterocycles. The summed E-state index contributed by atoms with van der Waals surface area (Å²) in [6.45, 7) is 2.30. The lowest BCUT2D eigenvalue weighted by atomic mass is 10.2. The average molecular weight is 370 g/mol. The van der Waals surface area contributed by atoms with Crippen molar-refractivity contribution in [3.8, 4) is 11.3 Å². The predicted molar refractivity (Wildman–Crippen MR) is 96.9 cm³/mol. The van der Waals surface area contributed by atoms with E-state index in [2.05, 4.69) is 4.98 Å². The Labute approximate surface area is 154 Å². The average Bonchev–Trinajstić information content (AvgIpc) is 3.27. The monoisotopic (exact) mass is 369 g/mol. The summed E-state index contributed by atoms with van der Waals surface area (Å²) in [5.41, 5.74) is 1.82. The van der Waals surface area contributed by atoms with Gasteiger partial charge in [0.05, 0.1) is 29.4 Å². The van der Waals surface area contributed by atoms with Crippen molar-refractivity contribution in [1.29, 1.82) is 0 Å². The van der Waals surface area contributed by atoms with Crippen molar-refractivity contribution < 1.29 is 9.21 Å². The summed E-state index contributed by atoms with van der Waals surface area (Å²) < 4.78 is 7.22. The van der Waals surface area contributed by atoms with Crippen LogP contribution < -0.4 is 5.56 Å². The highest BCUT2D eigenvalue weighted by Gasteiger charge is 2.30.